The molecule has 0 unspecified atom stereocenters. The minimum atomic E-state index is -0.591. The molecule has 0 saturated carbocycles. The number of aryl methyl sites for hydroxylation is 1. The molecule has 0 aliphatic carbocycles. The van der Waals surface area contributed by atoms with Gasteiger partial charge in [0.15, 0.2) is 17.3 Å². The summed E-state index contributed by atoms with van der Waals surface area (Å²) in [5, 5.41) is 14.6. The Hall–Kier alpha value is -3.95. The number of halogens is 1. The predicted molar refractivity (Wildman–Crippen MR) is 95.3 cm³/mol. The van der Waals surface area contributed by atoms with E-state index in [9.17, 15) is 9.18 Å². The lowest BCUT2D eigenvalue weighted by atomic mass is 10.0. The highest BCUT2D eigenvalue weighted by molar-refractivity contribution is 6.12. The van der Waals surface area contributed by atoms with E-state index in [1.54, 1.807) is 24.5 Å². The molecule has 0 saturated heterocycles. The molecule has 9 nitrogen and oxygen atoms in total. The summed E-state index contributed by atoms with van der Waals surface area (Å²) in [6.45, 7) is 1.82. The molecular formula is C17H13FN8O. The maximum Gasteiger partial charge on any atom is 0.263 e. The Morgan fingerprint density at radius 2 is 2.04 bits per heavy atom. The van der Waals surface area contributed by atoms with Gasteiger partial charge in [-0.3, -0.25) is 9.78 Å². The van der Waals surface area contributed by atoms with Crippen LogP contribution in [-0.2, 0) is 0 Å². The number of fused-ring (bicyclic) bond motifs is 1. The normalized spacial score (nSPS) is 10.9. The van der Waals surface area contributed by atoms with Gasteiger partial charge in [0.2, 0.25) is 0 Å². The second kappa shape index (κ2) is 6.41. The zero-order chi connectivity index (χ0) is 19.0. The topological polar surface area (TPSA) is 124 Å². The molecule has 0 aromatic carbocycles. The summed E-state index contributed by atoms with van der Waals surface area (Å²) in [5.41, 5.74) is 8.73. The largest absolute Gasteiger partial charge is 0.381 e. The van der Waals surface area contributed by atoms with Gasteiger partial charge in [-0.2, -0.15) is 10.2 Å². The molecule has 0 atom stereocenters. The SMILES string of the molecule is Cc1nnccc1-c1ccncc1NC(=O)c1c(N)nn2cc(F)cnc12. The van der Waals surface area contributed by atoms with Gasteiger partial charge in [0.1, 0.15) is 5.56 Å². The van der Waals surface area contributed by atoms with Crippen LogP contribution in [0.25, 0.3) is 16.8 Å². The average molecular weight is 364 g/mol. The van der Waals surface area contributed by atoms with E-state index in [1.165, 1.54) is 6.20 Å². The number of anilines is 2. The molecule has 4 aromatic heterocycles. The Bertz CT molecular complexity index is 1170. The maximum absolute atomic E-state index is 13.3. The molecule has 0 bridgehead atoms. The quantitative estimate of drug-likeness (QED) is 0.568. The Morgan fingerprint density at radius 1 is 1.22 bits per heavy atom. The van der Waals surface area contributed by atoms with Gasteiger partial charge in [0.05, 0.1) is 36.2 Å². The number of hydrogen-bond donors (Lipinski definition) is 2. The first kappa shape index (κ1) is 16.5. The van der Waals surface area contributed by atoms with Crippen molar-refractivity contribution in [2.45, 2.75) is 6.92 Å². The van der Waals surface area contributed by atoms with E-state index in [-0.39, 0.29) is 17.0 Å². The first-order valence-electron chi connectivity index (χ1n) is 7.88. The van der Waals surface area contributed by atoms with Gasteiger partial charge in [-0.1, -0.05) is 0 Å². The standard InChI is InChI=1S/C17H13FN8O/c1-9-11(3-5-22-24-9)12-2-4-20-7-13(12)23-17(27)14-15(19)25-26-8-10(18)6-21-16(14)26/h2-8H,1H3,(H2,19,25)(H,23,27). The molecular weight excluding hydrogens is 351 g/mol. The Morgan fingerprint density at radius 3 is 2.85 bits per heavy atom. The highest BCUT2D eigenvalue weighted by Crippen LogP contribution is 2.29. The van der Waals surface area contributed by atoms with E-state index < -0.39 is 11.7 Å². The number of carbonyl (C=O) groups is 1. The molecule has 10 heteroatoms. The van der Waals surface area contributed by atoms with Crippen LogP contribution in [0.15, 0.2) is 43.1 Å². The van der Waals surface area contributed by atoms with Gasteiger partial charge >= 0.3 is 0 Å². The van der Waals surface area contributed by atoms with Gasteiger partial charge in [-0.25, -0.2) is 13.9 Å². The third-order valence-electron chi connectivity index (χ3n) is 3.96. The summed E-state index contributed by atoms with van der Waals surface area (Å²) < 4.78 is 14.4. The van der Waals surface area contributed by atoms with Crippen LogP contribution < -0.4 is 11.1 Å². The van der Waals surface area contributed by atoms with Crippen LogP contribution >= 0.6 is 0 Å². The van der Waals surface area contributed by atoms with Gasteiger partial charge in [-0.15, -0.1) is 5.10 Å². The number of carbonyl (C=O) groups excluding carboxylic acids is 1. The van der Waals surface area contributed by atoms with Gasteiger partial charge in [0, 0.05) is 17.3 Å². The van der Waals surface area contributed by atoms with E-state index in [0.29, 0.717) is 11.4 Å². The Labute approximate surface area is 152 Å². The zero-order valence-electron chi connectivity index (χ0n) is 14.1. The number of hydrogen-bond acceptors (Lipinski definition) is 7. The highest BCUT2D eigenvalue weighted by Gasteiger charge is 2.21. The number of nitrogens with one attached hydrogen (secondary N) is 1. The van der Waals surface area contributed by atoms with E-state index in [4.69, 9.17) is 5.73 Å². The number of amides is 1. The van der Waals surface area contributed by atoms with E-state index >= 15 is 0 Å². The second-order valence-corrected chi connectivity index (χ2v) is 5.71. The number of nitrogen functional groups attached to an aromatic ring is 1. The predicted octanol–water partition coefficient (Wildman–Crippen LogP) is 1.86. The van der Waals surface area contributed by atoms with Crippen molar-refractivity contribution < 1.29 is 9.18 Å². The van der Waals surface area contributed by atoms with Crippen molar-refractivity contribution in [3.05, 3.63) is 60.2 Å². The summed E-state index contributed by atoms with van der Waals surface area (Å²) in [7, 11) is 0. The van der Waals surface area contributed by atoms with Crippen LogP contribution in [0.5, 0.6) is 0 Å². The number of pyridine rings is 1. The molecule has 134 valence electrons. The van der Waals surface area contributed by atoms with Crippen molar-refractivity contribution in [1.29, 1.82) is 0 Å². The van der Waals surface area contributed by atoms with E-state index in [0.717, 1.165) is 28.0 Å². The first-order chi connectivity index (χ1) is 13.0. The molecule has 0 aliphatic heterocycles. The maximum atomic E-state index is 13.3. The van der Waals surface area contributed by atoms with Crippen LogP contribution in [0, 0.1) is 12.7 Å². The smallest absolute Gasteiger partial charge is 0.263 e. The molecule has 4 aromatic rings. The molecule has 0 radical (unpaired) electrons. The van der Waals surface area contributed by atoms with Crippen molar-refractivity contribution in [2.75, 3.05) is 11.1 Å². The van der Waals surface area contributed by atoms with Crippen LogP contribution in [-0.4, -0.2) is 35.7 Å². The highest BCUT2D eigenvalue weighted by atomic mass is 19.1. The summed E-state index contributed by atoms with van der Waals surface area (Å²) in [4.78, 5) is 20.8. The van der Waals surface area contributed by atoms with Gasteiger partial charge in [-0.05, 0) is 19.1 Å². The molecule has 27 heavy (non-hydrogen) atoms. The molecule has 0 aliphatic rings. The Kier molecular flexibility index (Phi) is 3.92. The van der Waals surface area contributed by atoms with Crippen molar-refractivity contribution in [3.8, 4) is 11.1 Å². The fourth-order valence-electron chi connectivity index (χ4n) is 2.75. The summed E-state index contributed by atoms with van der Waals surface area (Å²) in [5.74, 6) is -1.18. The lowest BCUT2D eigenvalue weighted by Crippen LogP contribution is -2.15. The second-order valence-electron chi connectivity index (χ2n) is 5.71. The zero-order valence-corrected chi connectivity index (χ0v) is 14.1. The molecule has 0 spiro atoms. The van der Waals surface area contributed by atoms with Crippen LogP contribution in [0.3, 0.4) is 0 Å². The fourth-order valence-corrected chi connectivity index (χ4v) is 2.75. The fraction of sp³-hybridized carbons (Fsp3) is 0.0588. The molecule has 3 N–H and O–H groups in total. The molecule has 0 fully saturated rings. The van der Waals surface area contributed by atoms with Crippen molar-refractivity contribution in [1.82, 2.24) is 29.8 Å². The van der Waals surface area contributed by atoms with Crippen LogP contribution in [0.2, 0.25) is 0 Å². The van der Waals surface area contributed by atoms with E-state index in [2.05, 4.69) is 30.6 Å². The summed E-state index contributed by atoms with van der Waals surface area (Å²) >= 11 is 0. The minimum absolute atomic E-state index is 0.0504. The van der Waals surface area contributed by atoms with E-state index in [1.807, 2.05) is 6.92 Å². The molecule has 4 heterocycles. The number of aromatic nitrogens is 6. The minimum Gasteiger partial charge on any atom is -0.381 e. The monoisotopic (exact) mass is 364 g/mol. The number of rotatable bonds is 3. The lowest BCUT2D eigenvalue weighted by molar-refractivity contribution is 0.102. The van der Waals surface area contributed by atoms with Crippen molar-refractivity contribution in [2.24, 2.45) is 0 Å². The molecule has 4 rings (SSSR count). The van der Waals surface area contributed by atoms with Crippen LogP contribution in [0.4, 0.5) is 15.9 Å². The third kappa shape index (κ3) is 2.92. The van der Waals surface area contributed by atoms with Gasteiger partial charge in [0.25, 0.3) is 5.91 Å². The van der Waals surface area contributed by atoms with Crippen molar-refractivity contribution >= 4 is 23.1 Å². The van der Waals surface area contributed by atoms with Gasteiger partial charge < -0.3 is 11.1 Å². The van der Waals surface area contributed by atoms with Crippen molar-refractivity contribution in [3.63, 3.8) is 0 Å². The summed E-state index contributed by atoms with van der Waals surface area (Å²) in [6.07, 6.45) is 6.78. The summed E-state index contributed by atoms with van der Waals surface area (Å²) in [6, 6.07) is 3.55. The lowest BCUT2D eigenvalue weighted by Gasteiger charge is -2.11. The number of nitrogens with two attached hydrogens (primary N) is 1. The Balaban J connectivity index is 1.75. The first-order valence-corrected chi connectivity index (χ1v) is 7.88. The number of nitrogens with zero attached hydrogens (tertiary/aromatic N) is 6. The molecule has 1 amide bonds. The third-order valence-corrected chi connectivity index (χ3v) is 3.96. The average Bonchev–Trinajstić information content (AvgIpc) is 2.97. The van der Waals surface area contributed by atoms with Crippen LogP contribution in [0.1, 0.15) is 16.1 Å².